The molecule has 18 heteroatoms. The number of esters is 1. The number of hydrogen-bond acceptors (Lipinski definition) is 13. The Morgan fingerprint density at radius 3 is 2.28 bits per heavy atom. The zero-order valence-electron chi connectivity index (χ0n) is 38.5. The predicted molar refractivity (Wildman–Crippen MR) is 270 cm³/mol. The van der Waals surface area contributed by atoms with Crippen LogP contribution in [0.15, 0.2) is 125 Å². The molecule has 1 heterocycles. The maximum Gasteiger partial charge on any atom is 0.305 e. The smallest absolute Gasteiger partial charge is 0.305 e. The van der Waals surface area contributed by atoms with Crippen LogP contribution in [-0.4, -0.2) is 106 Å². The summed E-state index contributed by atoms with van der Waals surface area (Å²) in [5, 5.41) is 19.2. The molecule has 1 atom stereocenters. The lowest BCUT2D eigenvalue weighted by Crippen LogP contribution is -2.46. The first-order chi connectivity index (χ1) is 32.7. The molecule has 0 radical (unpaired) electrons. The number of nitro groups is 1. The molecule has 1 aliphatic heterocycles. The van der Waals surface area contributed by atoms with Gasteiger partial charge in [0.25, 0.3) is 21.6 Å². The second kappa shape index (κ2) is 24.9. The number of nitrogens with one attached hydrogen (secondary N) is 3. The molecule has 3 N–H and O–H groups in total. The summed E-state index contributed by atoms with van der Waals surface area (Å²) < 4.78 is 34.6. The van der Waals surface area contributed by atoms with Crippen LogP contribution < -0.4 is 20.3 Å². The topological polar surface area (TPSA) is 184 Å². The van der Waals surface area contributed by atoms with E-state index in [1.165, 1.54) is 29.8 Å². The van der Waals surface area contributed by atoms with Crippen LogP contribution >= 0.6 is 23.4 Å². The first kappa shape index (κ1) is 51.4. The lowest BCUT2D eigenvalue weighted by Gasteiger charge is -2.37. The van der Waals surface area contributed by atoms with Crippen molar-refractivity contribution in [3.05, 3.63) is 142 Å². The monoisotopic (exact) mass is 983 g/mol. The van der Waals surface area contributed by atoms with Gasteiger partial charge in [0.05, 0.1) is 27.8 Å². The van der Waals surface area contributed by atoms with E-state index in [-0.39, 0.29) is 48.6 Å². The fraction of sp³-hybridized carbons (Fsp3) is 0.340. The van der Waals surface area contributed by atoms with E-state index in [4.69, 9.17) is 16.3 Å². The number of amides is 2. The van der Waals surface area contributed by atoms with Crippen LogP contribution in [0.3, 0.4) is 0 Å². The van der Waals surface area contributed by atoms with Crippen molar-refractivity contribution in [3.8, 4) is 11.1 Å². The first-order valence-corrected chi connectivity index (χ1v) is 25.4. The third-order valence-corrected chi connectivity index (χ3v) is 14.1. The van der Waals surface area contributed by atoms with Crippen molar-refractivity contribution < 1.29 is 32.5 Å². The average Bonchev–Trinajstić information content (AvgIpc) is 3.32. The molecule has 0 bridgehead atoms. The molecular weight excluding hydrogens is 926 g/mol. The Labute approximate surface area is 407 Å². The second-order valence-corrected chi connectivity index (χ2v) is 19.9. The van der Waals surface area contributed by atoms with E-state index in [1.807, 2.05) is 85.7 Å². The molecular formula is C50H58ClN7O8S2. The van der Waals surface area contributed by atoms with Crippen LogP contribution in [0, 0.1) is 10.1 Å². The summed E-state index contributed by atoms with van der Waals surface area (Å²) in [4.78, 5) is 57.8. The number of anilines is 3. The van der Waals surface area contributed by atoms with Gasteiger partial charge in [-0.05, 0) is 118 Å². The molecule has 1 saturated heterocycles. The number of nitrogens with zero attached hydrogens (tertiary/aromatic N) is 4. The van der Waals surface area contributed by atoms with Crippen molar-refractivity contribution in [2.24, 2.45) is 0 Å². The van der Waals surface area contributed by atoms with Gasteiger partial charge in [-0.15, -0.1) is 11.8 Å². The molecule has 360 valence electrons. The summed E-state index contributed by atoms with van der Waals surface area (Å²) in [6.45, 7) is 6.00. The highest BCUT2D eigenvalue weighted by atomic mass is 35.5. The highest BCUT2D eigenvalue weighted by Crippen LogP contribution is 2.33. The van der Waals surface area contributed by atoms with E-state index < -0.39 is 31.4 Å². The van der Waals surface area contributed by atoms with Gasteiger partial charge in [-0.25, -0.2) is 13.1 Å². The summed E-state index contributed by atoms with van der Waals surface area (Å²) in [6, 6.07) is 33.7. The Balaban J connectivity index is 1.17. The summed E-state index contributed by atoms with van der Waals surface area (Å²) in [7, 11) is -0.733. The van der Waals surface area contributed by atoms with E-state index in [1.54, 1.807) is 24.8 Å². The van der Waals surface area contributed by atoms with E-state index in [0.717, 1.165) is 22.1 Å². The number of unbranched alkanes of at least 4 members (excludes halogenated alkanes) is 1. The van der Waals surface area contributed by atoms with Crippen LogP contribution in [0.25, 0.3) is 11.1 Å². The third kappa shape index (κ3) is 15.0. The highest BCUT2D eigenvalue weighted by molar-refractivity contribution is 7.99. The largest absolute Gasteiger partial charge is 0.466 e. The zero-order valence-corrected chi connectivity index (χ0v) is 40.9. The number of halogens is 1. The molecule has 1 aliphatic rings. The Morgan fingerprint density at radius 2 is 1.57 bits per heavy atom. The van der Waals surface area contributed by atoms with E-state index in [9.17, 15) is 32.9 Å². The lowest BCUT2D eigenvalue weighted by atomic mass is 9.99. The van der Waals surface area contributed by atoms with Crippen LogP contribution in [0.1, 0.15) is 54.9 Å². The minimum absolute atomic E-state index is 0.0557. The van der Waals surface area contributed by atoms with Gasteiger partial charge in [-0.2, -0.15) is 0 Å². The van der Waals surface area contributed by atoms with Gasteiger partial charge in [0.2, 0.25) is 5.91 Å². The number of benzene rings is 5. The fourth-order valence-corrected chi connectivity index (χ4v) is 9.86. The fourth-order valence-electron chi connectivity index (χ4n) is 7.75. The summed E-state index contributed by atoms with van der Waals surface area (Å²) in [6.07, 6.45) is 1.79. The number of sulfonamides is 1. The van der Waals surface area contributed by atoms with Gasteiger partial charge >= 0.3 is 5.97 Å². The number of carbonyl (C=O) groups is 3. The summed E-state index contributed by atoms with van der Waals surface area (Å²) in [5.74, 6) is -1.07. The van der Waals surface area contributed by atoms with E-state index in [0.29, 0.717) is 80.7 Å². The van der Waals surface area contributed by atoms with Gasteiger partial charge in [0, 0.05) is 78.9 Å². The molecule has 6 rings (SSSR count). The molecule has 2 amide bonds. The standard InChI is InChI=1S/C50H58ClN7O8S2/c1-4-66-49(60)17-11-10-16-48(59)53-45-32-37(20-25-46(45)57-30-28-56(29-31-57)34-38-12-8-9-15-43(38)36-18-21-39(51)22-19-36)50(61)54-68(64,65)42-23-24-44(47(33-42)58(62)63)52-40(26-27-55(2)3)35-67-41-13-6-5-7-14-41/h5-9,12-15,18-25,32-33,40,52H,4,10-11,16-17,26-31,34-35H2,1-3H3,(H,53,59)(H,54,61)/t40-/m1/s1. The van der Waals surface area contributed by atoms with Crippen molar-refractivity contribution in [2.75, 3.05) is 74.7 Å². The third-order valence-electron chi connectivity index (χ3n) is 11.3. The number of nitro benzene ring substituents is 1. The summed E-state index contributed by atoms with van der Waals surface area (Å²) >= 11 is 7.77. The van der Waals surface area contributed by atoms with Crippen molar-refractivity contribution >= 4 is 73.9 Å². The van der Waals surface area contributed by atoms with Gasteiger partial charge in [-0.3, -0.25) is 29.4 Å². The minimum atomic E-state index is -4.61. The van der Waals surface area contributed by atoms with E-state index in [2.05, 4.69) is 37.3 Å². The molecule has 15 nitrogen and oxygen atoms in total. The normalized spacial score (nSPS) is 13.5. The molecule has 0 unspecified atom stereocenters. The van der Waals surface area contributed by atoms with Crippen molar-refractivity contribution in [3.63, 3.8) is 0 Å². The molecule has 0 saturated carbocycles. The number of hydrogen-bond donors (Lipinski definition) is 3. The van der Waals surface area contributed by atoms with Crippen molar-refractivity contribution in [2.45, 2.75) is 61.4 Å². The maximum atomic E-state index is 13.8. The quantitative estimate of drug-likeness (QED) is 0.0186. The van der Waals surface area contributed by atoms with Gasteiger partial charge < -0.3 is 25.2 Å². The second-order valence-electron chi connectivity index (χ2n) is 16.6. The maximum absolute atomic E-state index is 13.8. The number of rotatable bonds is 23. The van der Waals surface area contributed by atoms with Crippen LogP contribution in [-0.2, 0) is 30.9 Å². The first-order valence-electron chi connectivity index (χ1n) is 22.5. The lowest BCUT2D eigenvalue weighted by molar-refractivity contribution is -0.384. The Kier molecular flexibility index (Phi) is 18.8. The van der Waals surface area contributed by atoms with Crippen molar-refractivity contribution in [1.29, 1.82) is 0 Å². The molecule has 5 aromatic rings. The van der Waals surface area contributed by atoms with E-state index >= 15 is 0 Å². The Bertz CT molecular complexity index is 2630. The van der Waals surface area contributed by atoms with Gasteiger partial charge in [-0.1, -0.05) is 66.2 Å². The number of carbonyl (C=O) groups excluding carboxylic acids is 3. The molecule has 1 fully saturated rings. The van der Waals surface area contributed by atoms with Crippen LogP contribution in [0.2, 0.25) is 5.02 Å². The minimum Gasteiger partial charge on any atom is -0.466 e. The Morgan fingerprint density at radius 1 is 0.868 bits per heavy atom. The van der Waals surface area contributed by atoms with Gasteiger partial charge in [0.15, 0.2) is 0 Å². The molecule has 0 aliphatic carbocycles. The highest BCUT2D eigenvalue weighted by Gasteiger charge is 2.27. The molecule has 0 aromatic heterocycles. The Hall–Kier alpha value is -5.98. The SMILES string of the molecule is CCOC(=O)CCCCC(=O)Nc1cc(C(=O)NS(=O)(=O)c2ccc(N[C@H](CCN(C)C)CSc3ccccc3)c([N+](=O)[O-])c2)ccc1N1CCN(Cc2ccccc2-c2ccc(Cl)cc2)CC1. The van der Waals surface area contributed by atoms with Gasteiger partial charge in [0.1, 0.15) is 5.69 Å². The number of ether oxygens (including phenoxy) is 1. The molecule has 0 spiro atoms. The number of thioether (sulfide) groups is 1. The van der Waals surface area contributed by atoms with Crippen LogP contribution in [0.5, 0.6) is 0 Å². The molecule has 5 aromatic carbocycles. The number of piperazine rings is 1. The van der Waals surface area contributed by atoms with Crippen molar-refractivity contribution in [1.82, 2.24) is 14.5 Å². The zero-order chi connectivity index (χ0) is 48.6. The van der Waals surface area contributed by atoms with Crippen LogP contribution in [0.4, 0.5) is 22.7 Å². The average molecular weight is 985 g/mol. The molecule has 68 heavy (non-hydrogen) atoms. The predicted octanol–water partition coefficient (Wildman–Crippen LogP) is 8.94. The summed E-state index contributed by atoms with van der Waals surface area (Å²) in [5.41, 5.74) is 3.96.